The average Bonchev–Trinajstić information content (AvgIpc) is 2.26. The summed E-state index contributed by atoms with van der Waals surface area (Å²) in [4.78, 5) is 21.7. The second kappa shape index (κ2) is 8.43. The monoisotopic (exact) mass is 246 g/mol. The summed E-state index contributed by atoms with van der Waals surface area (Å²) in [6.07, 6.45) is 2.06. The average molecular weight is 246 g/mol. The molecule has 0 amide bonds. The van der Waals surface area contributed by atoms with Crippen molar-refractivity contribution in [2.75, 3.05) is 13.2 Å². The Balaban J connectivity index is 4.85. The second-order valence-electron chi connectivity index (χ2n) is 3.32. The molecule has 0 saturated heterocycles. The van der Waals surface area contributed by atoms with Crippen molar-refractivity contribution in [3.05, 3.63) is 11.5 Å². The van der Waals surface area contributed by atoms with Crippen molar-refractivity contribution in [2.45, 2.75) is 33.1 Å². The van der Waals surface area contributed by atoms with Gasteiger partial charge in [0.2, 0.25) is 0 Å². The van der Waals surface area contributed by atoms with Crippen LogP contribution in [0.2, 0.25) is 0 Å². The van der Waals surface area contributed by atoms with Crippen LogP contribution < -0.4 is 0 Å². The van der Waals surface area contributed by atoms with Gasteiger partial charge in [0.25, 0.3) is 11.5 Å². The smallest absolute Gasteiger partial charge is 0.375 e. The maximum atomic E-state index is 10.9. The van der Waals surface area contributed by atoms with Gasteiger partial charge in [0.05, 0.1) is 13.2 Å². The first-order valence-corrected chi connectivity index (χ1v) is 5.51. The van der Waals surface area contributed by atoms with Crippen LogP contribution in [-0.2, 0) is 19.1 Å². The van der Waals surface area contributed by atoms with E-state index in [1.807, 2.05) is 6.92 Å². The lowest BCUT2D eigenvalue weighted by Crippen LogP contribution is -2.17. The number of ether oxygens (including phenoxy) is 2. The Kier molecular flexibility index (Phi) is 7.58. The van der Waals surface area contributed by atoms with E-state index in [0.717, 1.165) is 6.42 Å². The number of carbonyl (C=O) groups is 2. The van der Waals surface area contributed by atoms with Crippen molar-refractivity contribution in [1.82, 2.24) is 0 Å². The van der Waals surface area contributed by atoms with Gasteiger partial charge in [-0.15, -0.1) is 0 Å². The number of carboxylic acid groups (broad SMARTS) is 2. The van der Waals surface area contributed by atoms with Crippen molar-refractivity contribution >= 4 is 11.9 Å². The van der Waals surface area contributed by atoms with Gasteiger partial charge < -0.3 is 19.7 Å². The number of carboxylic acids is 2. The summed E-state index contributed by atoms with van der Waals surface area (Å²) < 4.78 is 9.82. The molecule has 0 fully saturated rings. The first-order chi connectivity index (χ1) is 8.04. The lowest BCUT2D eigenvalue weighted by atomic mass is 10.3. The van der Waals surface area contributed by atoms with E-state index in [1.54, 1.807) is 6.92 Å². The normalized spacial score (nSPS) is 11.6. The maximum absolute atomic E-state index is 10.9. The minimum Gasteiger partial charge on any atom is -0.484 e. The van der Waals surface area contributed by atoms with Crippen LogP contribution in [0.15, 0.2) is 11.5 Å². The Labute approximate surface area is 99.8 Å². The fourth-order valence-electron chi connectivity index (χ4n) is 0.972. The van der Waals surface area contributed by atoms with Crippen LogP contribution in [0.3, 0.4) is 0 Å². The zero-order valence-electron chi connectivity index (χ0n) is 10.1. The molecule has 6 heteroatoms. The zero-order chi connectivity index (χ0) is 13.3. The van der Waals surface area contributed by atoms with Crippen molar-refractivity contribution in [3.63, 3.8) is 0 Å². The Morgan fingerprint density at radius 3 is 1.71 bits per heavy atom. The van der Waals surface area contributed by atoms with Gasteiger partial charge in [0.15, 0.2) is 0 Å². The highest BCUT2D eigenvalue weighted by molar-refractivity contribution is 5.95. The van der Waals surface area contributed by atoms with Crippen LogP contribution in [0.4, 0.5) is 0 Å². The third-order valence-corrected chi connectivity index (χ3v) is 1.79. The summed E-state index contributed by atoms with van der Waals surface area (Å²) in [5, 5.41) is 17.7. The van der Waals surface area contributed by atoms with Crippen molar-refractivity contribution in [2.24, 2.45) is 0 Å². The molecule has 0 aliphatic heterocycles. The second-order valence-corrected chi connectivity index (χ2v) is 3.32. The van der Waals surface area contributed by atoms with Crippen LogP contribution >= 0.6 is 0 Å². The van der Waals surface area contributed by atoms with E-state index in [-0.39, 0.29) is 13.2 Å². The molecule has 0 heterocycles. The number of hydrogen-bond acceptors (Lipinski definition) is 4. The molecule has 0 radical (unpaired) electrons. The van der Waals surface area contributed by atoms with E-state index in [2.05, 4.69) is 0 Å². The third kappa shape index (κ3) is 5.79. The molecule has 0 aromatic heterocycles. The Morgan fingerprint density at radius 2 is 1.35 bits per heavy atom. The summed E-state index contributed by atoms with van der Waals surface area (Å²) in [7, 11) is 0. The molecule has 0 aromatic carbocycles. The fourth-order valence-corrected chi connectivity index (χ4v) is 0.972. The largest absolute Gasteiger partial charge is 0.484 e. The Hall–Kier alpha value is -1.72. The van der Waals surface area contributed by atoms with Gasteiger partial charge in [-0.2, -0.15) is 0 Å². The highest BCUT2D eigenvalue weighted by atomic mass is 16.5. The molecule has 0 unspecified atom stereocenters. The van der Waals surface area contributed by atoms with Crippen molar-refractivity contribution in [1.29, 1.82) is 0 Å². The van der Waals surface area contributed by atoms with Crippen LogP contribution in [0.5, 0.6) is 0 Å². The lowest BCUT2D eigenvalue weighted by Gasteiger charge is -2.11. The minimum absolute atomic E-state index is 0.134. The number of hydrogen-bond donors (Lipinski definition) is 2. The highest BCUT2D eigenvalue weighted by Crippen LogP contribution is 2.11. The van der Waals surface area contributed by atoms with Gasteiger partial charge in [-0.25, -0.2) is 9.59 Å². The molecule has 98 valence electrons. The lowest BCUT2D eigenvalue weighted by molar-refractivity contribution is -0.142. The SMILES string of the molecule is CCCCO/C(C(=O)O)=C(\OCCC)C(=O)O. The minimum atomic E-state index is -1.44. The molecule has 0 rings (SSSR count). The molecule has 2 N–H and O–H groups in total. The molecule has 0 spiro atoms. The van der Waals surface area contributed by atoms with E-state index in [4.69, 9.17) is 19.7 Å². The standard InChI is InChI=1S/C11H18O6/c1-3-5-7-17-9(11(14)15)8(10(12)13)16-6-4-2/h3-7H2,1-2H3,(H,12,13)(H,14,15)/b9-8-. The van der Waals surface area contributed by atoms with Gasteiger partial charge >= 0.3 is 11.9 Å². The number of unbranched alkanes of at least 4 members (excludes halogenated alkanes) is 1. The van der Waals surface area contributed by atoms with Gasteiger partial charge in [0, 0.05) is 0 Å². The molecule has 0 bridgehead atoms. The summed E-state index contributed by atoms with van der Waals surface area (Å²) in [6.45, 7) is 4.00. The molecular weight excluding hydrogens is 228 g/mol. The van der Waals surface area contributed by atoms with E-state index in [9.17, 15) is 9.59 Å². The van der Waals surface area contributed by atoms with Gasteiger partial charge in [-0.3, -0.25) is 0 Å². The fraction of sp³-hybridized carbons (Fsp3) is 0.636. The van der Waals surface area contributed by atoms with Crippen LogP contribution in [0.25, 0.3) is 0 Å². The van der Waals surface area contributed by atoms with Gasteiger partial charge in [0.1, 0.15) is 0 Å². The van der Waals surface area contributed by atoms with Crippen molar-refractivity contribution in [3.8, 4) is 0 Å². The molecule has 0 aromatic rings. The van der Waals surface area contributed by atoms with Crippen LogP contribution in [0.1, 0.15) is 33.1 Å². The zero-order valence-corrected chi connectivity index (χ0v) is 10.1. The first kappa shape index (κ1) is 15.3. The molecular formula is C11H18O6. The predicted molar refractivity (Wildman–Crippen MR) is 59.4 cm³/mol. The quantitative estimate of drug-likeness (QED) is 0.365. The van der Waals surface area contributed by atoms with Crippen molar-refractivity contribution < 1.29 is 29.3 Å². The summed E-state index contributed by atoms with van der Waals surface area (Å²) in [5.41, 5.74) is 0. The predicted octanol–water partition coefficient (Wildman–Crippen LogP) is 1.61. The molecule has 17 heavy (non-hydrogen) atoms. The molecule has 0 aliphatic rings. The van der Waals surface area contributed by atoms with Crippen LogP contribution in [-0.4, -0.2) is 35.4 Å². The first-order valence-electron chi connectivity index (χ1n) is 5.51. The van der Waals surface area contributed by atoms with E-state index in [0.29, 0.717) is 12.8 Å². The van der Waals surface area contributed by atoms with Crippen LogP contribution in [0, 0.1) is 0 Å². The molecule has 0 saturated carbocycles. The number of aliphatic carboxylic acids is 2. The molecule has 6 nitrogen and oxygen atoms in total. The van der Waals surface area contributed by atoms with E-state index < -0.39 is 23.5 Å². The Bertz CT molecular complexity index is 294. The highest BCUT2D eigenvalue weighted by Gasteiger charge is 2.23. The topological polar surface area (TPSA) is 93.1 Å². The van der Waals surface area contributed by atoms with E-state index >= 15 is 0 Å². The van der Waals surface area contributed by atoms with Gasteiger partial charge in [-0.05, 0) is 12.8 Å². The number of rotatable bonds is 9. The van der Waals surface area contributed by atoms with E-state index in [1.165, 1.54) is 0 Å². The molecule has 0 atom stereocenters. The third-order valence-electron chi connectivity index (χ3n) is 1.79. The maximum Gasteiger partial charge on any atom is 0.375 e. The summed E-state index contributed by atoms with van der Waals surface area (Å²) >= 11 is 0. The van der Waals surface area contributed by atoms with Gasteiger partial charge in [-0.1, -0.05) is 20.3 Å². The summed E-state index contributed by atoms with van der Waals surface area (Å²) in [6, 6.07) is 0. The summed E-state index contributed by atoms with van der Waals surface area (Å²) in [5.74, 6) is -4.16. The Morgan fingerprint density at radius 1 is 0.882 bits per heavy atom. The molecule has 0 aliphatic carbocycles.